The molecule has 0 aliphatic heterocycles. The van der Waals surface area contributed by atoms with Crippen molar-refractivity contribution in [2.75, 3.05) is 19.7 Å². The van der Waals surface area contributed by atoms with E-state index in [-0.39, 0.29) is 37.9 Å². The first-order valence-electron chi connectivity index (χ1n) is 8.89. The van der Waals surface area contributed by atoms with Gasteiger partial charge in [0.05, 0.1) is 6.61 Å². The first-order valence-corrected chi connectivity index (χ1v) is 8.89. The largest absolute Gasteiger partial charge is 0.480 e. The fraction of sp³-hybridized carbons (Fsp3) is 0.667. The van der Waals surface area contributed by atoms with Gasteiger partial charge in [-0.05, 0) is 25.7 Å². The molecule has 29 heavy (non-hydrogen) atoms. The molecule has 0 saturated carbocycles. The first-order chi connectivity index (χ1) is 13.6. The lowest BCUT2D eigenvalue weighted by molar-refractivity contribution is -0.142. The van der Waals surface area contributed by atoms with Crippen LogP contribution in [0.25, 0.3) is 0 Å². The van der Waals surface area contributed by atoms with E-state index >= 15 is 0 Å². The maximum atomic E-state index is 12.5. The summed E-state index contributed by atoms with van der Waals surface area (Å²) in [6.45, 7) is -0.211. The molecule has 14 heteroatoms. The first kappa shape index (κ1) is 25.9. The van der Waals surface area contributed by atoms with E-state index in [4.69, 9.17) is 33.8 Å². The number of amides is 2. The van der Waals surface area contributed by atoms with Crippen LogP contribution in [0.4, 0.5) is 0 Å². The smallest absolute Gasteiger partial charge is 0.326 e. The number of hydrogen-bond donors (Lipinski definition) is 9. The Hall–Kier alpha value is -3.13. The molecule has 0 aromatic rings. The van der Waals surface area contributed by atoms with Crippen LogP contribution in [0.1, 0.15) is 25.7 Å². The molecule has 0 saturated heterocycles. The number of hydrogen-bond acceptors (Lipinski definition) is 7. The van der Waals surface area contributed by atoms with Gasteiger partial charge in [0, 0.05) is 13.1 Å². The summed E-state index contributed by atoms with van der Waals surface area (Å²) in [6, 6.07) is -3.52. The minimum absolute atomic E-state index is 0.0721. The Morgan fingerprint density at radius 1 is 0.828 bits per heavy atom. The van der Waals surface area contributed by atoms with E-state index in [1.165, 1.54) is 0 Å². The maximum absolute atomic E-state index is 12.5. The van der Waals surface area contributed by atoms with Gasteiger partial charge in [-0.3, -0.25) is 19.6 Å². The fourth-order valence-electron chi connectivity index (χ4n) is 2.17. The van der Waals surface area contributed by atoms with Crippen LogP contribution < -0.4 is 39.3 Å². The van der Waals surface area contributed by atoms with Crippen LogP contribution in [0.3, 0.4) is 0 Å². The minimum atomic E-state index is -1.25. The molecule has 0 aliphatic rings. The summed E-state index contributed by atoms with van der Waals surface area (Å²) in [7, 11) is 0. The molecule has 2 amide bonds. The average Bonchev–Trinajstić information content (AvgIpc) is 2.64. The lowest BCUT2D eigenvalue weighted by Crippen LogP contribution is -2.55. The zero-order valence-electron chi connectivity index (χ0n) is 16.1. The molecule has 0 aliphatic carbocycles. The van der Waals surface area contributed by atoms with Crippen molar-refractivity contribution in [2.24, 2.45) is 38.7 Å². The number of nitrogens with zero attached hydrogens (tertiary/aromatic N) is 2. The molecule has 3 atom stereocenters. The van der Waals surface area contributed by atoms with Crippen molar-refractivity contribution < 1.29 is 24.6 Å². The van der Waals surface area contributed by atoms with Gasteiger partial charge in [-0.15, -0.1) is 0 Å². The van der Waals surface area contributed by atoms with E-state index in [9.17, 15) is 19.5 Å². The van der Waals surface area contributed by atoms with Crippen LogP contribution in [-0.4, -0.2) is 77.7 Å². The second kappa shape index (κ2) is 14.0. The number of aliphatic hydroxyl groups is 1. The van der Waals surface area contributed by atoms with E-state index in [2.05, 4.69) is 20.6 Å². The highest BCUT2D eigenvalue weighted by atomic mass is 16.4. The quantitative estimate of drug-likeness (QED) is 0.0741. The highest BCUT2D eigenvalue weighted by Gasteiger charge is 2.27. The number of nitrogens with one attached hydrogen (secondary N) is 2. The second-order valence-corrected chi connectivity index (χ2v) is 6.15. The molecule has 0 spiro atoms. The summed E-state index contributed by atoms with van der Waals surface area (Å²) in [4.78, 5) is 43.4. The Kier molecular flexibility index (Phi) is 12.4. The van der Waals surface area contributed by atoms with Crippen molar-refractivity contribution in [2.45, 2.75) is 43.8 Å². The van der Waals surface area contributed by atoms with Crippen LogP contribution >= 0.6 is 0 Å². The zero-order valence-corrected chi connectivity index (χ0v) is 16.1. The molecule has 0 radical (unpaired) electrons. The Balaban J connectivity index is 5.01. The van der Waals surface area contributed by atoms with E-state index in [0.29, 0.717) is 12.8 Å². The van der Waals surface area contributed by atoms with Gasteiger partial charge in [0.2, 0.25) is 11.8 Å². The molecule has 0 aromatic carbocycles. The Labute approximate surface area is 168 Å². The van der Waals surface area contributed by atoms with Crippen molar-refractivity contribution in [3.63, 3.8) is 0 Å². The molecule has 0 heterocycles. The fourth-order valence-corrected chi connectivity index (χ4v) is 2.17. The van der Waals surface area contributed by atoms with E-state index in [1.807, 2.05) is 0 Å². The number of aliphatic hydroxyl groups excluding tert-OH is 1. The van der Waals surface area contributed by atoms with Crippen molar-refractivity contribution in [3.8, 4) is 0 Å². The summed E-state index contributed by atoms with van der Waals surface area (Å²) in [5.74, 6) is -2.97. The van der Waals surface area contributed by atoms with Crippen LogP contribution in [-0.2, 0) is 14.4 Å². The molecule has 0 aromatic heterocycles. The number of rotatable bonds is 14. The summed E-state index contributed by atoms with van der Waals surface area (Å²) < 4.78 is 0. The summed E-state index contributed by atoms with van der Waals surface area (Å²) in [5.41, 5.74) is 26.3. The molecule has 0 rings (SSSR count). The molecular formula is C15H31N9O5. The summed E-state index contributed by atoms with van der Waals surface area (Å²) in [5, 5.41) is 23.0. The number of carboxylic acid groups (broad SMARTS) is 1. The monoisotopic (exact) mass is 417 g/mol. The maximum Gasteiger partial charge on any atom is 0.326 e. The normalized spacial score (nSPS) is 13.4. The Bertz CT molecular complexity index is 603. The molecule has 3 unspecified atom stereocenters. The third-order valence-corrected chi connectivity index (χ3v) is 3.67. The van der Waals surface area contributed by atoms with Crippen molar-refractivity contribution in [1.82, 2.24) is 10.6 Å². The highest BCUT2D eigenvalue weighted by molar-refractivity contribution is 5.91. The van der Waals surface area contributed by atoms with Gasteiger partial charge in [-0.2, -0.15) is 0 Å². The van der Waals surface area contributed by atoms with Gasteiger partial charge in [-0.25, -0.2) is 4.79 Å². The van der Waals surface area contributed by atoms with Gasteiger partial charge >= 0.3 is 5.97 Å². The third-order valence-electron chi connectivity index (χ3n) is 3.67. The number of aliphatic carboxylic acids is 1. The lowest BCUT2D eigenvalue weighted by atomic mass is 10.1. The van der Waals surface area contributed by atoms with Crippen molar-refractivity contribution >= 4 is 29.7 Å². The summed E-state index contributed by atoms with van der Waals surface area (Å²) >= 11 is 0. The number of carbonyl (C=O) groups is 3. The van der Waals surface area contributed by atoms with E-state index in [0.717, 1.165) is 0 Å². The van der Waals surface area contributed by atoms with Crippen molar-refractivity contribution in [3.05, 3.63) is 0 Å². The molecule has 14 nitrogen and oxygen atoms in total. The predicted octanol–water partition coefficient (Wildman–Crippen LogP) is -4.53. The Morgan fingerprint density at radius 2 is 1.28 bits per heavy atom. The third kappa shape index (κ3) is 12.0. The molecule has 0 fully saturated rings. The van der Waals surface area contributed by atoms with Crippen LogP contribution in [0, 0.1) is 0 Å². The number of aliphatic imine (C=N–C) groups is 2. The SMILES string of the molecule is NC(N)=NCCCC(NC(=O)C(CCCN=C(N)N)NC(=O)C(N)CO)C(=O)O. The van der Waals surface area contributed by atoms with Crippen molar-refractivity contribution in [1.29, 1.82) is 0 Å². The predicted molar refractivity (Wildman–Crippen MR) is 106 cm³/mol. The number of nitrogens with two attached hydrogens (primary N) is 5. The molecule has 0 bridgehead atoms. The number of guanidine groups is 2. The molecule has 14 N–H and O–H groups in total. The Morgan fingerprint density at radius 3 is 1.69 bits per heavy atom. The van der Waals surface area contributed by atoms with Gasteiger partial charge in [0.25, 0.3) is 0 Å². The average molecular weight is 417 g/mol. The van der Waals surface area contributed by atoms with Gasteiger partial charge in [0.15, 0.2) is 11.9 Å². The van der Waals surface area contributed by atoms with Gasteiger partial charge in [-0.1, -0.05) is 0 Å². The van der Waals surface area contributed by atoms with E-state index in [1.54, 1.807) is 0 Å². The zero-order chi connectivity index (χ0) is 22.4. The standard InChI is InChI=1S/C15H31N9O5/c16-8(7-25)11(26)23-9(3-1-5-21-14(17)18)12(27)24-10(13(28)29)4-2-6-22-15(19)20/h8-10,25H,1-7,16H2,(H,23,26)(H,24,27)(H,28,29)(H4,17,18,21)(H4,19,20,22). The molecular weight excluding hydrogens is 386 g/mol. The summed E-state index contributed by atoms with van der Waals surface area (Å²) in [6.07, 6.45) is 0.828. The number of carbonyl (C=O) groups excluding carboxylic acids is 2. The van der Waals surface area contributed by atoms with Crippen LogP contribution in [0.5, 0.6) is 0 Å². The minimum Gasteiger partial charge on any atom is -0.480 e. The second-order valence-electron chi connectivity index (χ2n) is 6.15. The topological polar surface area (TPSA) is 271 Å². The number of carboxylic acids is 1. The lowest BCUT2D eigenvalue weighted by Gasteiger charge is -2.22. The van der Waals surface area contributed by atoms with Crippen LogP contribution in [0.2, 0.25) is 0 Å². The van der Waals surface area contributed by atoms with Gasteiger partial charge in [0.1, 0.15) is 18.1 Å². The van der Waals surface area contributed by atoms with E-state index < -0.39 is 42.5 Å². The van der Waals surface area contributed by atoms with Gasteiger partial charge < -0.3 is 49.5 Å². The molecule has 166 valence electrons. The highest BCUT2D eigenvalue weighted by Crippen LogP contribution is 2.04. The van der Waals surface area contributed by atoms with Crippen LogP contribution in [0.15, 0.2) is 9.98 Å².